The number of hydrogen-bond acceptors (Lipinski definition) is 3. The van der Waals surface area contributed by atoms with E-state index in [2.05, 4.69) is 22.0 Å². The van der Waals surface area contributed by atoms with Gasteiger partial charge in [-0.3, -0.25) is 0 Å². The van der Waals surface area contributed by atoms with Crippen LogP contribution in [0, 0.1) is 11.3 Å². The number of nitrogens with zero attached hydrogens (tertiary/aromatic N) is 1. The molecule has 0 N–H and O–H groups in total. The molecule has 4 heteroatoms. The van der Waals surface area contributed by atoms with Gasteiger partial charge in [0.15, 0.2) is 0 Å². The molecule has 4 rings (SSSR count). The minimum absolute atomic E-state index is 0.299. The molecule has 0 atom stereocenters. The Hall–Kier alpha value is -1.21. The lowest BCUT2D eigenvalue weighted by molar-refractivity contribution is 0.351. The van der Waals surface area contributed by atoms with Crippen LogP contribution in [0.2, 0.25) is 0 Å². The van der Waals surface area contributed by atoms with Crippen molar-refractivity contribution in [1.82, 2.24) is 0 Å². The van der Waals surface area contributed by atoms with E-state index >= 15 is 0 Å². The van der Waals surface area contributed by atoms with Crippen molar-refractivity contribution in [3.63, 3.8) is 0 Å². The van der Waals surface area contributed by atoms with E-state index < -0.39 is 0 Å². The molecule has 0 amide bonds. The summed E-state index contributed by atoms with van der Waals surface area (Å²) in [5.74, 6) is 1.92. The third-order valence-corrected chi connectivity index (χ3v) is 5.02. The van der Waals surface area contributed by atoms with Crippen LogP contribution in [0.5, 0.6) is 11.5 Å². The van der Waals surface area contributed by atoms with Crippen molar-refractivity contribution in [2.45, 2.75) is 31.1 Å². The third-order valence-electron chi connectivity index (χ3n) is 4.18. The molecule has 1 aliphatic carbocycles. The minimum Gasteiger partial charge on any atom is -0.493 e. The van der Waals surface area contributed by atoms with Gasteiger partial charge in [0.1, 0.15) is 11.5 Å². The van der Waals surface area contributed by atoms with Crippen LogP contribution in [0.25, 0.3) is 0 Å². The Morgan fingerprint density at radius 2 is 1.72 bits per heavy atom. The maximum absolute atomic E-state index is 9.48. The fourth-order valence-corrected chi connectivity index (χ4v) is 3.83. The van der Waals surface area contributed by atoms with Crippen LogP contribution in [0.15, 0.2) is 4.47 Å². The highest BCUT2D eigenvalue weighted by molar-refractivity contribution is 9.10. The van der Waals surface area contributed by atoms with Gasteiger partial charge < -0.3 is 9.47 Å². The molecule has 3 nitrogen and oxygen atoms in total. The number of fused-ring (bicyclic) bond motifs is 2. The van der Waals surface area contributed by atoms with Gasteiger partial charge in [0.25, 0.3) is 0 Å². The molecule has 1 aromatic rings. The van der Waals surface area contributed by atoms with E-state index in [-0.39, 0.29) is 5.41 Å². The highest BCUT2D eigenvalue weighted by Crippen LogP contribution is 2.58. The number of hydrogen-bond donors (Lipinski definition) is 0. The Morgan fingerprint density at radius 1 is 1.06 bits per heavy atom. The SMILES string of the molecule is N#CC1(c2c3c(c(Br)c4c2OCC4)OCC3)CC1. The molecule has 1 fully saturated rings. The lowest BCUT2D eigenvalue weighted by Gasteiger charge is -2.17. The molecule has 3 aliphatic rings. The number of halogens is 1. The second kappa shape index (κ2) is 3.42. The monoisotopic (exact) mass is 305 g/mol. The molecule has 0 radical (unpaired) electrons. The van der Waals surface area contributed by atoms with Crippen LogP contribution in [0.3, 0.4) is 0 Å². The van der Waals surface area contributed by atoms with Gasteiger partial charge in [-0.05, 0) is 28.8 Å². The molecule has 0 bridgehead atoms. The van der Waals surface area contributed by atoms with Gasteiger partial charge in [0.2, 0.25) is 0 Å². The highest BCUT2D eigenvalue weighted by atomic mass is 79.9. The largest absolute Gasteiger partial charge is 0.493 e. The lowest BCUT2D eigenvalue weighted by atomic mass is 9.88. The Bertz CT molecular complexity index is 564. The quantitative estimate of drug-likeness (QED) is 0.801. The number of benzene rings is 1. The maximum atomic E-state index is 9.48. The van der Waals surface area contributed by atoms with E-state index in [4.69, 9.17) is 9.47 Å². The maximum Gasteiger partial charge on any atom is 0.137 e. The van der Waals surface area contributed by atoms with Crippen LogP contribution in [0.4, 0.5) is 0 Å². The second-order valence-corrected chi connectivity index (χ2v) is 5.99. The van der Waals surface area contributed by atoms with E-state index in [1.165, 1.54) is 11.1 Å². The Morgan fingerprint density at radius 3 is 2.39 bits per heavy atom. The average molecular weight is 306 g/mol. The first-order valence-corrected chi connectivity index (χ1v) is 7.11. The predicted octanol–water partition coefficient (Wildman–Crippen LogP) is 2.87. The van der Waals surface area contributed by atoms with Crippen molar-refractivity contribution in [2.24, 2.45) is 0 Å². The molecule has 0 unspecified atom stereocenters. The molecular weight excluding hydrogens is 294 g/mol. The molecule has 0 spiro atoms. The van der Waals surface area contributed by atoms with E-state index in [0.29, 0.717) is 13.2 Å². The smallest absolute Gasteiger partial charge is 0.137 e. The molecule has 2 aliphatic heterocycles. The van der Waals surface area contributed by atoms with Gasteiger partial charge in [-0.25, -0.2) is 0 Å². The molecule has 2 heterocycles. The minimum atomic E-state index is -0.299. The third kappa shape index (κ3) is 1.18. The van der Waals surface area contributed by atoms with Crippen molar-refractivity contribution in [1.29, 1.82) is 5.26 Å². The number of rotatable bonds is 1. The summed E-state index contributed by atoms with van der Waals surface area (Å²) in [5.41, 5.74) is 3.22. The first kappa shape index (κ1) is 10.7. The molecule has 92 valence electrons. The van der Waals surface area contributed by atoms with Gasteiger partial charge in [0, 0.05) is 29.5 Å². The summed E-state index contributed by atoms with van der Waals surface area (Å²) in [7, 11) is 0. The summed E-state index contributed by atoms with van der Waals surface area (Å²) in [6.45, 7) is 1.43. The summed E-state index contributed by atoms with van der Waals surface area (Å²) in [5, 5.41) is 9.48. The van der Waals surface area contributed by atoms with Crippen LogP contribution >= 0.6 is 15.9 Å². The summed E-state index contributed by atoms with van der Waals surface area (Å²) in [4.78, 5) is 0. The van der Waals surface area contributed by atoms with E-state index in [1.54, 1.807) is 0 Å². The molecule has 18 heavy (non-hydrogen) atoms. The van der Waals surface area contributed by atoms with Crippen LogP contribution in [0.1, 0.15) is 29.5 Å². The summed E-state index contributed by atoms with van der Waals surface area (Å²) >= 11 is 3.64. The zero-order chi connectivity index (χ0) is 12.3. The number of ether oxygens (including phenoxy) is 2. The molecule has 1 aromatic carbocycles. The molecule has 0 aromatic heterocycles. The Kier molecular flexibility index (Phi) is 2.03. The van der Waals surface area contributed by atoms with E-state index in [1.807, 2.05) is 0 Å². The Labute approximate surface area is 114 Å². The standard InChI is InChI=1S/C14H12BrNO2/c15-11-9-2-6-17-12(9)10(14(7-16)3-4-14)8-1-5-18-13(8)11/h1-6H2. The van der Waals surface area contributed by atoms with Crippen LogP contribution in [-0.2, 0) is 18.3 Å². The van der Waals surface area contributed by atoms with Gasteiger partial charge in [-0.2, -0.15) is 5.26 Å². The normalized spacial score (nSPS) is 21.6. The van der Waals surface area contributed by atoms with Gasteiger partial charge in [-0.1, -0.05) is 0 Å². The molecular formula is C14H12BrNO2. The molecule has 0 saturated heterocycles. The zero-order valence-corrected chi connectivity index (χ0v) is 11.5. The van der Waals surface area contributed by atoms with E-state index in [9.17, 15) is 5.26 Å². The van der Waals surface area contributed by atoms with Gasteiger partial charge in [0.05, 0.1) is 29.2 Å². The van der Waals surface area contributed by atoms with Crippen molar-refractivity contribution < 1.29 is 9.47 Å². The van der Waals surface area contributed by atoms with Gasteiger partial charge >= 0.3 is 0 Å². The van der Waals surface area contributed by atoms with Crippen LogP contribution in [-0.4, -0.2) is 13.2 Å². The summed E-state index contributed by atoms with van der Waals surface area (Å²) < 4.78 is 12.6. The fourth-order valence-electron chi connectivity index (χ4n) is 3.10. The van der Waals surface area contributed by atoms with Crippen molar-refractivity contribution in [3.8, 4) is 17.6 Å². The fraction of sp³-hybridized carbons (Fsp3) is 0.500. The summed E-state index contributed by atoms with van der Waals surface area (Å²) in [6, 6.07) is 2.50. The molecule has 1 saturated carbocycles. The topological polar surface area (TPSA) is 42.2 Å². The lowest BCUT2D eigenvalue weighted by Crippen LogP contribution is -2.09. The second-order valence-electron chi connectivity index (χ2n) is 5.20. The average Bonchev–Trinajstić information content (AvgIpc) is 2.80. The van der Waals surface area contributed by atoms with Crippen molar-refractivity contribution >= 4 is 15.9 Å². The van der Waals surface area contributed by atoms with E-state index in [0.717, 1.165) is 47.2 Å². The first-order valence-electron chi connectivity index (χ1n) is 6.31. The number of nitriles is 1. The van der Waals surface area contributed by atoms with Crippen LogP contribution < -0.4 is 9.47 Å². The highest BCUT2D eigenvalue weighted by Gasteiger charge is 2.51. The van der Waals surface area contributed by atoms with Gasteiger partial charge in [-0.15, -0.1) is 0 Å². The van der Waals surface area contributed by atoms with Crippen molar-refractivity contribution in [2.75, 3.05) is 13.2 Å². The summed E-state index contributed by atoms with van der Waals surface area (Å²) in [6.07, 6.45) is 3.70. The van der Waals surface area contributed by atoms with Crippen molar-refractivity contribution in [3.05, 3.63) is 21.2 Å². The first-order chi connectivity index (χ1) is 8.77. The zero-order valence-electron chi connectivity index (χ0n) is 9.88. The Balaban J connectivity index is 2.06. The predicted molar refractivity (Wildman–Crippen MR) is 69.1 cm³/mol.